The minimum Gasteiger partial charge on any atom is -0.454 e. The molecule has 0 amide bonds. The first kappa shape index (κ1) is 12.6. The number of hydrogen-bond donors (Lipinski definition) is 1. The highest BCUT2D eigenvalue weighted by Crippen LogP contribution is 2.23. The van der Waals surface area contributed by atoms with Crippen LogP contribution in [0.5, 0.6) is 11.5 Å². The van der Waals surface area contributed by atoms with Gasteiger partial charge in [0.2, 0.25) is 0 Å². The lowest BCUT2D eigenvalue weighted by Crippen LogP contribution is -2.14. The predicted octanol–water partition coefficient (Wildman–Crippen LogP) is 2.11. The normalized spacial score (nSPS) is 10.6. The second-order valence-electron chi connectivity index (χ2n) is 4.11. The summed E-state index contributed by atoms with van der Waals surface area (Å²) in [6.45, 7) is 3.89. The topological polar surface area (TPSA) is 52.0 Å². The maximum atomic E-state index is 5.80. The summed E-state index contributed by atoms with van der Waals surface area (Å²) in [4.78, 5) is 4.13. The fourth-order valence-corrected chi connectivity index (χ4v) is 1.63. The van der Waals surface area contributed by atoms with Crippen LogP contribution in [0.2, 0.25) is 0 Å². The van der Waals surface area contributed by atoms with Crippen molar-refractivity contribution >= 4 is 0 Å². The van der Waals surface area contributed by atoms with Crippen molar-refractivity contribution in [1.29, 1.82) is 0 Å². The largest absolute Gasteiger partial charge is 0.454 e. The van der Waals surface area contributed by atoms with Crippen LogP contribution in [0, 0.1) is 0 Å². The van der Waals surface area contributed by atoms with E-state index in [4.69, 9.17) is 4.74 Å². The van der Waals surface area contributed by atoms with Gasteiger partial charge in [-0.1, -0.05) is 6.92 Å². The summed E-state index contributed by atoms with van der Waals surface area (Å²) in [5.41, 5.74) is 1.05. The first-order valence-corrected chi connectivity index (χ1v) is 6.09. The Morgan fingerprint density at radius 1 is 1.39 bits per heavy atom. The molecule has 0 radical (unpaired) electrons. The molecule has 96 valence electrons. The molecule has 5 nitrogen and oxygen atoms in total. The van der Waals surface area contributed by atoms with Gasteiger partial charge in [-0.3, -0.25) is 9.67 Å². The molecule has 0 unspecified atom stereocenters. The molecule has 2 rings (SSSR count). The zero-order valence-corrected chi connectivity index (χ0v) is 10.8. The fourth-order valence-electron chi connectivity index (χ4n) is 1.63. The monoisotopic (exact) mass is 246 g/mol. The number of hydrogen-bond acceptors (Lipinski definition) is 4. The third-order valence-corrected chi connectivity index (χ3v) is 2.51. The Morgan fingerprint density at radius 3 is 3.00 bits per heavy atom. The van der Waals surface area contributed by atoms with Crippen molar-refractivity contribution in [2.24, 2.45) is 7.05 Å². The summed E-state index contributed by atoms with van der Waals surface area (Å²) >= 11 is 0. The minimum absolute atomic E-state index is 0.737. The zero-order valence-electron chi connectivity index (χ0n) is 10.8. The number of aromatic nitrogens is 3. The van der Waals surface area contributed by atoms with E-state index in [1.165, 1.54) is 0 Å². The summed E-state index contributed by atoms with van der Waals surface area (Å²) in [7, 11) is 1.86. The number of pyridine rings is 1. The van der Waals surface area contributed by atoms with Crippen LogP contribution in [-0.2, 0) is 13.6 Å². The van der Waals surface area contributed by atoms with E-state index in [1.54, 1.807) is 17.1 Å². The van der Waals surface area contributed by atoms with Crippen molar-refractivity contribution in [3.8, 4) is 11.5 Å². The molecule has 0 bridgehead atoms. The van der Waals surface area contributed by atoms with Gasteiger partial charge in [-0.15, -0.1) is 0 Å². The van der Waals surface area contributed by atoms with Crippen LogP contribution in [0.4, 0.5) is 0 Å². The summed E-state index contributed by atoms with van der Waals surface area (Å²) < 4.78 is 7.51. The van der Waals surface area contributed by atoms with Crippen molar-refractivity contribution in [2.45, 2.75) is 19.9 Å². The van der Waals surface area contributed by atoms with E-state index in [1.807, 2.05) is 25.5 Å². The molecule has 0 aliphatic rings. The maximum absolute atomic E-state index is 5.80. The molecule has 0 fully saturated rings. The molecule has 2 aromatic rings. The van der Waals surface area contributed by atoms with Crippen LogP contribution >= 0.6 is 0 Å². The molecular formula is C13H18N4O. The van der Waals surface area contributed by atoms with Crippen LogP contribution in [0.3, 0.4) is 0 Å². The van der Waals surface area contributed by atoms with Gasteiger partial charge in [-0.05, 0) is 19.0 Å². The van der Waals surface area contributed by atoms with Crippen LogP contribution in [0.25, 0.3) is 0 Å². The first-order chi connectivity index (χ1) is 8.79. The van der Waals surface area contributed by atoms with Gasteiger partial charge in [-0.2, -0.15) is 5.10 Å². The first-order valence-electron chi connectivity index (χ1n) is 6.09. The summed E-state index contributed by atoms with van der Waals surface area (Å²) in [5.74, 6) is 1.56. The molecule has 0 saturated heterocycles. The Morgan fingerprint density at radius 2 is 2.28 bits per heavy atom. The highest BCUT2D eigenvalue weighted by atomic mass is 16.5. The molecule has 5 heteroatoms. The van der Waals surface area contributed by atoms with Gasteiger partial charge < -0.3 is 10.1 Å². The van der Waals surface area contributed by atoms with E-state index in [0.717, 1.165) is 36.6 Å². The highest BCUT2D eigenvalue weighted by Gasteiger charge is 2.05. The van der Waals surface area contributed by atoms with Gasteiger partial charge in [0.05, 0.1) is 12.4 Å². The molecule has 0 aliphatic carbocycles. The molecule has 1 N–H and O–H groups in total. The second kappa shape index (κ2) is 6.16. The van der Waals surface area contributed by atoms with Gasteiger partial charge in [0.1, 0.15) is 5.75 Å². The average molecular weight is 246 g/mol. The standard InChI is InChI=1S/C13H18N4O/c1-3-5-14-7-11-8-15-6-4-13(11)18-12-9-16-17(2)10-12/h4,6,8-10,14H,3,5,7H2,1-2H3. The number of nitrogens with one attached hydrogen (secondary N) is 1. The van der Waals surface area contributed by atoms with E-state index in [0.29, 0.717) is 0 Å². The maximum Gasteiger partial charge on any atom is 0.165 e. The van der Waals surface area contributed by atoms with Gasteiger partial charge in [0.25, 0.3) is 0 Å². The van der Waals surface area contributed by atoms with Crippen molar-refractivity contribution in [1.82, 2.24) is 20.1 Å². The lowest BCUT2D eigenvalue weighted by molar-refractivity contribution is 0.471. The lowest BCUT2D eigenvalue weighted by Gasteiger charge is -2.09. The number of ether oxygens (including phenoxy) is 1. The van der Waals surface area contributed by atoms with E-state index in [9.17, 15) is 0 Å². The predicted molar refractivity (Wildman–Crippen MR) is 69.5 cm³/mol. The van der Waals surface area contributed by atoms with Crippen molar-refractivity contribution in [2.75, 3.05) is 6.54 Å². The van der Waals surface area contributed by atoms with Crippen molar-refractivity contribution in [3.63, 3.8) is 0 Å². The van der Waals surface area contributed by atoms with Crippen LogP contribution in [0.15, 0.2) is 30.9 Å². The molecule has 0 saturated carbocycles. The highest BCUT2D eigenvalue weighted by molar-refractivity contribution is 5.34. The Bertz CT molecular complexity index is 495. The van der Waals surface area contributed by atoms with Crippen molar-refractivity contribution in [3.05, 3.63) is 36.4 Å². The van der Waals surface area contributed by atoms with E-state index in [2.05, 4.69) is 22.3 Å². The third-order valence-electron chi connectivity index (χ3n) is 2.51. The molecule has 2 aromatic heterocycles. The summed E-state index contributed by atoms with van der Waals surface area (Å²) in [6, 6.07) is 1.87. The van der Waals surface area contributed by atoms with Gasteiger partial charge in [0.15, 0.2) is 5.75 Å². The quantitative estimate of drug-likeness (QED) is 0.793. The Kier molecular flexibility index (Phi) is 4.30. The van der Waals surface area contributed by atoms with Crippen LogP contribution < -0.4 is 10.1 Å². The molecule has 2 heterocycles. The fraction of sp³-hybridized carbons (Fsp3) is 0.385. The number of aryl methyl sites for hydroxylation is 1. The molecular weight excluding hydrogens is 228 g/mol. The lowest BCUT2D eigenvalue weighted by atomic mass is 10.2. The average Bonchev–Trinajstić information content (AvgIpc) is 2.77. The smallest absolute Gasteiger partial charge is 0.165 e. The SMILES string of the molecule is CCCNCc1cnccc1Oc1cnn(C)c1. The number of rotatable bonds is 6. The molecule has 18 heavy (non-hydrogen) atoms. The van der Waals surface area contributed by atoms with Gasteiger partial charge >= 0.3 is 0 Å². The molecule has 0 aliphatic heterocycles. The van der Waals surface area contributed by atoms with Crippen molar-refractivity contribution < 1.29 is 4.74 Å². The summed E-state index contributed by atoms with van der Waals surface area (Å²) in [6.07, 6.45) is 8.20. The van der Waals surface area contributed by atoms with Gasteiger partial charge in [0, 0.05) is 31.5 Å². The third kappa shape index (κ3) is 3.30. The Hall–Kier alpha value is -1.88. The van der Waals surface area contributed by atoms with Crippen LogP contribution in [-0.4, -0.2) is 21.3 Å². The van der Waals surface area contributed by atoms with Crippen LogP contribution in [0.1, 0.15) is 18.9 Å². The Labute approximate surface area is 107 Å². The minimum atomic E-state index is 0.737. The second-order valence-corrected chi connectivity index (χ2v) is 4.11. The van der Waals surface area contributed by atoms with E-state index in [-0.39, 0.29) is 0 Å². The summed E-state index contributed by atoms with van der Waals surface area (Å²) in [5, 5.41) is 7.42. The van der Waals surface area contributed by atoms with E-state index >= 15 is 0 Å². The molecule has 0 atom stereocenters. The molecule has 0 aromatic carbocycles. The Balaban J connectivity index is 2.07. The zero-order chi connectivity index (χ0) is 12.8. The van der Waals surface area contributed by atoms with Gasteiger partial charge in [-0.25, -0.2) is 0 Å². The number of nitrogens with zero attached hydrogens (tertiary/aromatic N) is 3. The van der Waals surface area contributed by atoms with E-state index < -0.39 is 0 Å². The molecule has 0 spiro atoms.